The van der Waals surface area contributed by atoms with Crippen molar-refractivity contribution in [2.45, 2.75) is 25.9 Å². The van der Waals surface area contributed by atoms with Crippen LogP contribution < -0.4 is 10.9 Å². The molecule has 0 radical (unpaired) electrons. The van der Waals surface area contributed by atoms with Crippen LogP contribution in [0.5, 0.6) is 0 Å². The Morgan fingerprint density at radius 1 is 0.971 bits per heavy atom. The summed E-state index contributed by atoms with van der Waals surface area (Å²) in [6.07, 6.45) is 1.74. The molecular weight excluding hydrogens is 464 g/mol. The van der Waals surface area contributed by atoms with Gasteiger partial charge >= 0.3 is 0 Å². The molecule has 1 atom stereocenters. The average Bonchev–Trinajstić information content (AvgIpc) is 3.57. The van der Waals surface area contributed by atoms with E-state index >= 15 is 0 Å². The molecule has 0 bridgehead atoms. The molecule has 35 heavy (non-hydrogen) atoms. The number of fused-ring (bicyclic) bond motifs is 1. The van der Waals surface area contributed by atoms with E-state index < -0.39 is 17.9 Å². The number of aryl methyl sites for hydroxylation is 1. The number of carbonyl (C=O) groups excluding carboxylic acids is 3. The van der Waals surface area contributed by atoms with Crippen LogP contribution >= 0.6 is 11.3 Å². The molecule has 2 aromatic carbocycles. The molecule has 5 rings (SSSR count). The van der Waals surface area contributed by atoms with E-state index in [2.05, 4.69) is 15.8 Å². The number of thiazole rings is 1. The van der Waals surface area contributed by atoms with Gasteiger partial charge in [0.15, 0.2) is 5.76 Å². The zero-order chi connectivity index (χ0) is 24.4. The number of aromatic nitrogens is 1. The number of benzene rings is 2. The Hall–Kier alpha value is -4.24. The first-order valence-electron chi connectivity index (χ1n) is 11.1. The van der Waals surface area contributed by atoms with Gasteiger partial charge in [-0.05, 0) is 30.2 Å². The molecule has 0 spiro atoms. The number of hydrogen-bond donors (Lipinski definition) is 2. The van der Waals surface area contributed by atoms with Crippen molar-refractivity contribution in [1.29, 1.82) is 0 Å². The average molecular weight is 487 g/mol. The van der Waals surface area contributed by atoms with Crippen molar-refractivity contribution < 1.29 is 18.8 Å². The molecule has 0 saturated heterocycles. The first-order valence-corrected chi connectivity index (χ1v) is 11.9. The van der Waals surface area contributed by atoms with Gasteiger partial charge < -0.3 is 9.32 Å². The quantitative estimate of drug-likeness (QED) is 0.428. The molecule has 2 aromatic heterocycles. The van der Waals surface area contributed by atoms with Crippen molar-refractivity contribution in [3.63, 3.8) is 0 Å². The molecule has 1 unspecified atom stereocenters. The molecule has 8 nitrogen and oxygen atoms in total. The summed E-state index contributed by atoms with van der Waals surface area (Å²) in [4.78, 5) is 45.5. The van der Waals surface area contributed by atoms with Crippen molar-refractivity contribution >= 4 is 29.1 Å². The minimum Gasteiger partial charge on any atom is -0.459 e. The molecule has 3 heterocycles. The van der Waals surface area contributed by atoms with Crippen LogP contribution in [0.2, 0.25) is 0 Å². The molecule has 0 saturated carbocycles. The highest BCUT2D eigenvalue weighted by Gasteiger charge is 2.36. The summed E-state index contributed by atoms with van der Waals surface area (Å²) < 4.78 is 5.27. The van der Waals surface area contributed by atoms with Gasteiger partial charge in [-0.2, -0.15) is 0 Å². The smallest absolute Gasteiger partial charge is 0.290 e. The van der Waals surface area contributed by atoms with Crippen molar-refractivity contribution in [2.75, 3.05) is 0 Å². The lowest BCUT2D eigenvalue weighted by atomic mass is 9.93. The van der Waals surface area contributed by atoms with Gasteiger partial charge in [-0.15, -0.1) is 11.3 Å². The van der Waals surface area contributed by atoms with Gasteiger partial charge in [-0.3, -0.25) is 25.2 Å². The second kappa shape index (κ2) is 9.55. The summed E-state index contributed by atoms with van der Waals surface area (Å²) in [7, 11) is 0. The number of carbonyl (C=O) groups is 3. The molecule has 1 aliphatic heterocycles. The van der Waals surface area contributed by atoms with Gasteiger partial charge in [0.1, 0.15) is 15.9 Å². The van der Waals surface area contributed by atoms with Crippen LogP contribution in [-0.2, 0) is 17.8 Å². The fourth-order valence-corrected chi connectivity index (χ4v) is 5.05. The standard InChI is InChI=1S/C26H22N4O4S/c1-16-22(35-25(27-16)17-8-3-2-4-9-17)24(32)29-28-23(31)20-14-18-10-5-6-11-19(18)15-30(20)26(33)21-12-7-13-34-21/h2-13,20H,14-15H2,1H3,(H,28,31)(H,29,32). The predicted molar refractivity (Wildman–Crippen MR) is 130 cm³/mol. The molecule has 0 fully saturated rings. The molecule has 4 aromatic rings. The Kier molecular flexibility index (Phi) is 6.15. The van der Waals surface area contributed by atoms with Crippen LogP contribution in [0.15, 0.2) is 77.4 Å². The lowest BCUT2D eigenvalue weighted by Gasteiger charge is -2.35. The van der Waals surface area contributed by atoms with Gasteiger partial charge in [0.05, 0.1) is 12.0 Å². The number of furan rings is 1. The van der Waals surface area contributed by atoms with Crippen LogP contribution in [0, 0.1) is 6.92 Å². The Bertz CT molecular complexity index is 1380. The van der Waals surface area contributed by atoms with Gasteiger partial charge in [0.2, 0.25) is 0 Å². The van der Waals surface area contributed by atoms with Crippen molar-refractivity contribution in [1.82, 2.24) is 20.7 Å². The molecule has 1 aliphatic rings. The largest absolute Gasteiger partial charge is 0.459 e. The van der Waals surface area contributed by atoms with Crippen molar-refractivity contribution in [3.8, 4) is 10.6 Å². The number of nitrogens with one attached hydrogen (secondary N) is 2. The van der Waals surface area contributed by atoms with Crippen LogP contribution in [0.4, 0.5) is 0 Å². The van der Waals surface area contributed by atoms with Gasteiger partial charge in [0.25, 0.3) is 17.7 Å². The monoisotopic (exact) mass is 486 g/mol. The van der Waals surface area contributed by atoms with E-state index in [-0.39, 0.29) is 18.2 Å². The SMILES string of the molecule is Cc1nc(-c2ccccc2)sc1C(=O)NNC(=O)C1Cc2ccccc2CN1C(=O)c1ccco1. The number of amides is 3. The summed E-state index contributed by atoms with van der Waals surface area (Å²) in [6, 6.07) is 19.6. The van der Waals surface area contributed by atoms with E-state index in [1.807, 2.05) is 54.6 Å². The van der Waals surface area contributed by atoms with Crippen molar-refractivity contribution in [3.05, 3.63) is 100 Å². The number of nitrogens with zero attached hydrogens (tertiary/aromatic N) is 2. The maximum atomic E-state index is 13.2. The lowest BCUT2D eigenvalue weighted by molar-refractivity contribution is -0.127. The fourth-order valence-electron chi connectivity index (χ4n) is 4.08. The molecule has 2 N–H and O–H groups in total. The van der Waals surface area contributed by atoms with E-state index in [0.29, 0.717) is 17.0 Å². The molecule has 176 valence electrons. The minimum absolute atomic E-state index is 0.153. The predicted octanol–water partition coefficient (Wildman–Crippen LogP) is 3.74. The lowest BCUT2D eigenvalue weighted by Crippen LogP contribution is -2.56. The molecular formula is C26H22N4O4S. The number of hydrazine groups is 1. The third-order valence-electron chi connectivity index (χ3n) is 5.87. The maximum Gasteiger partial charge on any atom is 0.290 e. The third kappa shape index (κ3) is 4.58. The Labute approximate surface area is 205 Å². The highest BCUT2D eigenvalue weighted by molar-refractivity contribution is 7.17. The topological polar surface area (TPSA) is 105 Å². The van der Waals surface area contributed by atoms with Crippen LogP contribution in [0.1, 0.15) is 37.0 Å². The van der Waals surface area contributed by atoms with E-state index in [1.165, 1.54) is 22.5 Å². The highest BCUT2D eigenvalue weighted by atomic mass is 32.1. The second-order valence-corrected chi connectivity index (χ2v) is 9.14. The number of rotatable bonds is 4. The normalized spacial score (nSPS) is 14.8. The maximum absolute atomic E-state index is 13.2. The zero-order valence-electron chi connectivity index (χ0n) is 18.9. The Balaban J connectivity index is 1.32. The van der Waals surface area contributed by atoms with E-state index in [9.17, 15) is 14.4 Å². The van der Waals surface area contributed by atoms with E-state index in [0.717, 1.165) is 21.7 Å². The van der Waals surface area contributed by atoms with E-state index in [4.69, 9.17) is 4.42 Å². The van der Waals surface area contributed by atoms with Gasteiger partial charge in [-0.25, -0.2) is 4.98 Å². The second-order valence-electron chi connectivity index (χ2n) is 8.14. The fraction of sp³-hybridized carbons (Fsp3) is 0.154. The highest BCUT2D eigenvalue weighted by Crippen LogP contribution is 2.28. The van der Waals surface area contributed by atoms with Crippen molar-refractivity contribution in [2.24, 2.45) is 0 Å². The molecule has 9 heteroatoms. The van der Waals surface area contributed by atoms with Crippen LogP contribution in [0.3, 0.4) is 0 Å². The zero-order valence-corrected chi connectivity index (χ0v) is 19.7. The number of hydrogen-bond acceptors (Lipinski definition) is 6. The summed E-state index contributed by atoms with van der Waals surface area (Å²) in [5, 5.41) is 0.721. The minimum atomic E-state index is -0.815. The summed E-state index contributed by atoms with van der Waals surface area (Å²) in [6.45, 7) is 2.01. The summed E-state index contributed by atoms with van der Waals surface area (Å²) in [5.74, 6) is -1.18. The summed E-state index contributed by atoms with van der Waals surface area (Å²) in [5.41, 5.74) is 8.43. The Morgan fingerprint density at radius 3 is 2.46 bits per heavy atom. The Morgan fingerprint density at radius 2 is 1.71 bits per heavy atom. The first kappa shape index (κ1) is 22.5. The molecule has 3 amide bonds. The summed E-state index contributed by atoms with van der Waals surface area (Å²) >= 11 is 1.25. The van der Waals surface area contributed by atoms with Crippen LogP contribution in [0.25, 0.3) is 10.6 Å². The first-order chi connectivity index (χ1) is 17.0. The molecule has 0 aliphatic carbocycles. The van der Waals surface area contributed by atoms with E-state index in [1.54, 1.807) is 19.1 Å². The van der Waals surface area contributed by atoms with Gasteiger partial charge in [0, 0.05) is 18.5 Å². The third-order valence-corrected chi connectivity index (χ3v) is 7.07. The van der Waals surface area contributed by atoms with Gasteiger partial charge in [-0.1, -0.05) is 54.6 Å². The van der Waals surface area contributed by atoms with Crippen LogP contribution in [-0.4, -0.2) is 33.6 Å².